The standard InChI is InChI=1S/C20H26N4OS3/c1-13-21-14(11-26-13)12-27-20-22-18-17(15-7-4-5-8-16(15)28-18)19(25)24(20)10-6-9-23(2)3/h11H,4-10,12H2,1-3H3. The molecule has 4 rings (SSSR count). The molecular weight excluding hydrogens is 408 g/mol. The molecule has 3 aromatic heterocycles. The predicted octanol–water partition coefficient (Wildman–Crippen LogP) is 4.35. The highest BCUT2D eigenvalue weighted by Crippen LogP contribution is 2.35. The van der Waals surface area contributed by atoms with Crippen molar-refractivity contribution in [3.63, 3.8) is 0 Å². The Morgan fingerprint density at radius 1 is 1.25 bits per heavy atom. The Morgan fingerprint density at radius 2 is 2.07 bits per heavy atom. The van der Waals surface area contributed by atoms with Gasteiger partial charge in [-0.25, -0.2) is 9.97 Å². The predicted molar refractivity (Wildman–Crippen MR) is 120 cm³/mol. The van der Waals surface area contributed by atoms with E-state index in [2.05, 4.69) is 29.4 Å². The fraction of sp³-hybridized carbons (Fsp3) is 0.550. The van der Waals surface area contributed by atoms with Crippen molar-refractivity contribution in [3.05, 3.63) is 36.9 Å². The molecule has 5 nitrogen and oxygen atoms in total. The summed E-state index contributed by atoms with van der Waals surface area (Å²) in [6, 6.07) is 0. The fourth-order valence-electron chi connectivity index (χ4n) is 3.69. The monoisotopic (exact) mass is 434 g/mol. The first-order valence-corrected chi connectivity index (χ1v) is 12.4. The normalized spacial score (nSPS) is 14.1. The lowest BCUT2D eigenvalue weighted by molar-refractivity contribution is 0.379. The number of fused-ring (bicyclic) bond motifs is 3. The van der Waals surface area contributed by atoms with E-state index in [9.17, 15) is 4.79 Å². The molecule has 1 aliphatic carbocycles. The molecule has 1 aliphatic rings. The molecule has 28 heavy (non-hydrogen) atoms. The summed E-state index contributed by atoms with van der Waals surface area (Å²) in [5, 5.41) is 4.89. The summed E-state index contributed by atoms with van der Waals surface area (Å²) in [6.45, 7) is 3.70. The van der Waals surface area contributed by atoms with E-state index in [-0.39, 0.29) is 5.56 Å². The van der Waals surface area contributed by atoms with Crippen LogP contribution in [-0.4, -0.2) is 40.1 Å². The van der Waals surface area contributed by atoms with Gasteiger partial charge in [-0.1, -0.05) is 11.8 Å². The molecular formula is C20H26N4OS3. The van der Waals surface area contributed by atoms with Crippen molar-refractivity contribution in [3.8, 4) is 0 Å². The van der Waals surface area contributed by atoms with E-state index in [0.717, 1.165) is 57.6 Å². The van der Waals surface area contributed by atoms with E-state index in [1.807, 2.05) is 11.5 Å². The minimum atomic E-state index is 0.153. The lowest BCUT2D eigenvalue weighted by Gasteiger charge is -2.14. The van der Waals surface area contributed by atoms with Gasteiger partial charge in [0.05, 0.1) is 16.1 Å². The Hall–Kier alpha value is -1.22. The maximum atomic E-state index is 13.5. The van der Waals surface area contributed by atoms with Crippen LogP contribution in [0.25, 0.3) is 10.2 Å². The molecule has 8 heteroatoms. The lowest BCUT2D eigenvalue weighted by Crippen LogP contribution is -2.25. The lowest BCUT2D eigenvalue weighted by atomic mass is 9.97. The quantitative estimate of drug-likeness (QED) is 0.409. The number of aromatic nitrogens is 3. The molecule has 0 atom stereocenters. The van der Waals surface area contributed by atoms with Crippen LogP contribution >= 0.6 is 34.4 Å². The third kappa shape index (κ3) is 4.20. The van der Waals surface area contributed by atoms with Crippen LogP contribution in [0.2, 0.25) is 0 Å². The first-order chi connectivity index (χ1) is 13.5. The third-order valence-corrected chi connectivity index (χ3v) is 8.06. The molecule has 0 saturated carbocycles. The summed E-state index contributed by atoms with van der Waals surface area (Å²) >= 11 is 5.04. The fourth-order valence-corrected chi connectivity index (χ4v) is 6.62. The molecule has 0 bridgehead atoms. The Morgan fingerprint density at radius 3 is 2.82 bits per heavy atom. The molecule has 0 aliphatic heterocycles. The van der Waals surface area contributed by atoms with Gasteiger partial charge in [0.25, 0.3) is 5.56 Å². The number of hydrogen-bond donors (Lipinski definition) is 0. The van der Waals surface area contributed by atoms with Crippen LogP contribution in [0.1, 0.15) is 40.4 Å². The maximum Gasteiger partial charge on any atom is 0.263 e. The molecule has 0 aromatic carbocycles. The number of nitrogens with zero attached hydrogens (tertiary/aromatic N) is 4. The van der Waals surface area contributed by atoms with E-state index in [0.29, 0.717) is 6.54 Å². The highest BCUT2D eigenvalue weighted by atomic mass is 32.2. The van der Waals surface area contributed by atoms with E-state index >= 15 is 0 Å². The van der Waals surface area contributed by atoms with Gasteiger partial charge >= 0.3 is 0 Å². The minimum absolute atomic E-state index is 0.153. The largest absolute Gasteiger partial charge is 0.309 e. The van der Waals surface area contributed by atoms with Gasteiger partial charge in [-0.15, -0.1) is 22.7 Å². The van der Waals surface area contributed by atoms with Crippen LogP contribution in [0.5, 0.6) is 0 Å². The third-order valence-electron chi connectivity index (χ3n) is 5.04. The smallest absolute Gasteiger partial charge is 0.263 e. The Labute approximate surface area is 177 Å². The molecule has 0 spiro atoms. The second-order valence-corrected chi connectivity index (χ2v) is 10.6. The molecule has 0 fully saturated rings. The van der Waals surface area contributed by atoms with Gasteiger partial charge < -0.3 is 4.90 Å². The van der Waals surface area contributed by atoms with Crippen LogP contribution in [0.3, 0.4) is 0 Å². The van der Waals surface area contributed by atoms with E-state index in [4.69, 9.17) is 4.98 Å². The van der Waals surface area contributed by atoms with Crippen LogP contribution in [-0.2, 0) is 25.1 Å². The van der Waals surface area contributed by atoms with Gasteiger partial charge in [0.15, 0.2) is 5.16 Å². The Kier molecular flexibility index (Phi) is 6.20. The highest BCUT2D eigenvalue weighted by molar-refractivity contribution is 7.98. The van der Waals surface area contributed by atoms with Crippen molar-refractivity contribution in [2.75, 3.05) is 20.6 Å². The van der Waals surface area contributed by atoms with Crippen LogP contribution < -0.4 is 5.56 Å². The molecule has 0 N–H and O–H groups in total. The molecule has 0 unspecified atom stereocenters. The van der Waals surface area contributed by atoms with Crippen LogP contribution in [0.4, 0.5) is 0 Å². The van der Waals surface area contributed by atoms with Crippen LogP contribution in [0, 0.1) is 6.92 Å². The van der Waals surface area contributed by atoms with Crippen molar-refractivity contribution >= 4 is 44.7 Å². The summed E-state index contributed by atoms with van der Waals surface area (Å²) in [6.07, 6.45) is 5.46. The van der Waals surface area contributed by atoms with Gasteiger partial charge in [0.2, 0.25) is 0 Å². The second kappa shape index (κ2) is 8.65. The zero-order valence-electron chi connectivity index (χ0n) is 16.7. The van der Waals surface area contributed by atoms with E-state index in [1.54, 1.807) is 34.4 Å². The minimum Gasteiger partial charge on any atom is -0.309 e. The zero-order valence-corrected chi connectivity index (χ0v) is 19.1. The van der Waals surface area contributed by atoms with Crippen LogP contribution in [0.15, 0.2) is 15.3 Å². The number of thiazole rings is 1. The molecule has 0 amide bonds. The number of thiophene rings is 1. The Balaban J connectivity index is 1.71. The summed E-state index contributed by atoms with van der Waals surface area (Å²) < 4.78 is 1.91. The Bertz CT molecular complexity index is 1030. The number of hydrogen-bond acceptors (Lipinski definition) is 7. The van der Waals surface area contributed by atoms with Gasteiger partial charge in [-0.3, -0.25) is 9.36 Å². The summed E-state index contributed by atoms with van der Waals surface area (Å²) in [5.41, 5.74) is 2.49. The highest BCUT2D eigenvalue weighted by Gasteiger charge is 2.22. The summed E-state index contributed by atoms with van der Waals surface area (Å²) in [7, 11) is 4.14. The zero-order chi connectivity index (χ0) is 19.7. The van der Waals surface area contributed by atoms with Gasteiger partial charge in [-0.05, 0) is 65.2 Å². The maximum absolute atomic E-state index is 13.5. The first kappa shape index (κ1) is 20.1. The topological polar surface area (TPSA) is 51.0 Å². The average molecular weight is 435 g/mol. The number of aryl methyl sites for hydroxylation is 3. The van der Waals surface area contributed by atoms with Crippen molar-refractivity contribution in [2.45, 2.75) is 56.5 Å². The molecule has 3 heterocycles. The number of rotatable bonds is 7. The SMILES string of the molecule is Cc1nc(CSc2nc3sc4c(c3c(=O)n2CCCN(C)C)CCCC4)cs1. The number of thioether (sulfide) groups is 1. The van der Waals surface area contributed by atoms with Gasteiger partial charge in [0.1, 0.15) is 4.83 Å². The molecule has 3 aromatic rings. The van der Waals surface area contributed by atoms with Crippen molar-refractivity contribution in [2.24, 2.45) is 0 Å². The molecule has 0 saturated heterocycles. The van der Waals surface area contributed by atoms with Gasteiger partial charge in [-0.2, -0.15) is 0 Å². The average Bonchev–Trinajstić information content (AvgIpc) is 3.24. The second-order valence-electron chi connectivity index (χ2n) is 7.55. The van der Waals surface area contributed by atoms with Crippen molar-refractivity contribution < 1.29 is 0 Å². The molecule has 0 radical (unpaired) electrons. The first-order valence-electron chi connectivity index (χ1n) is 9.76. The summed E-state index contributed by atoms with van der Waals surface area (Å²) in [4.78, 5) is 27.5. The van der Waals surface area contributed by atoms with Gasteiger partial charge in [0, 0.05) is 22.6 Å². The van der Waals surface area contributed by atoms with Crippen molar-refractivity contribution in [1.29, 1.82) is 0 Å². The van der Waals surface area contributed by atoms with Crippen molar-refractivity contribution in [1.82, 2.24) is 19.4 Å². The van der Waals surface area contributed by atoms with E-state index < -0.39 is 0 Å². The summed E-state index contributed by atoms with van der Waals surface area (Å²) in [5.74, 6) is 0.751. The molecule has 150 valence electrons. The van der Waals surface area contributed by atoms with E-state index in [1.165, 1.54) is 23.3 Å².